The zero-order valence-electron chi connectivity index (χ0n) is 15.8. The highest BCUT2D eigenvalue weighted by atomic mass is 32.2. The van der Waals surface area contributed by atoms with Crippen LogP contribution in [0.4, 0.5) is 4.39 Å². The Morgan fingerprint density at radius 3 is 2.45 bits per heavy atom. The molecule has 29 heavy (non-hydrogen) atoms. The van der Waals surface area contributed by atoms with Crippen molar-refractivity contribution in [3.05, 3.63) is 95.8 Å². The van der Waals surface area contributed by atoms with E-state index in [0.29, 0.717) is 0 Å². The molecule has 0 radical (unpaired) electrons. The quantitative estimate of drug-likeness (QED) is 0.490. The van der Waals surface area contributed by atoms with Crippen molar-refractivity contribution in [2.24, 2.45) is 0 Å². The Kier molecular flexibility index (Phi) is 5.00. The molecule has 3 aromatic rings. The molecule has 0 amide bonds. The van der Waals surface area contributed by atoms with Crippen molar-refractivity contribution in [1.29, 1.82) is 0 Å². The Hall–Kier alpha value is -2.76. The van der Waals surface area contributed by atoms with Gasteiger partial charge in [0.25, 0.3) is 6.29 Å². The minimum atomic E-state index is -0.386. The first-order valence-electron chi connectivity index (χ1n) is 9.65. The molecule has 5 heteroatoms. The van der Waals surface area contributed by atoms with Gasteiger partial charge in [0.2, 0.25) is 0 Å². The van der Waals surface area contributed by atoms with Crippen molar-refractivity contribution in [2.75, 3.05) is 13.1 Å². The first-order valence-corrected chi connectivity index (χ1v) is 10.4. The fourth-order valence-electron chi connectivity index (χ4n) is 3.54. The van der Waals surface area contributed by atoms with Crippen LogP contribution in [0.2, 0.25) is 0 Å². The van der Waals surface area contributed by atoms with Gasteiger partial charge in [-0.3, -0.25) is 0 Å². The molecule has 2 heterocycles. The lowest BCUT2D eigenvalue weighted by atomic mass is 10.0. The monoisotopic (exact) mass is 405 g/mol. The summed E-state index contributed by atoms with van der Waals surface area (Å²) in [5.41, 5.74) is 3.39. The second-order valence-electron chi connectivity index (χ2n) is 7.05. The summed E-state index contributed by atoms with van der Waals surface area (Å²) < 4.78 is 27.4. The van der Waals surface area contributed by atoms with Crippen LogP contribution < -0.4 is 9.47 Å². The third-order valence-corrected chi connectivity index (χ3v) is 6.13. The average molecular weight is 405 g/mol. The highest BCUT2D eigenvalue weighted by Crippen LogP contribution is 2.43. The zero-order valence-corrected chi connectivity index (χ0v) is 16.6. The number of nitrogens with zero attached hydrogens (tertiary/aromatic N) is 1. The lowest BCUT2D eigenvalue weighted by Crippen LogP contribution is -2.21. The normalized spacial score (nSPS) is 18.5. The third kappa shape index (κ3) is 4.02. The number of hydrogen-bond acceptors (Lipinski definition) is 4. The first kappa shape index (κ1) is 18.3. The van der Waals surface area contributed by atoms with Crippen molar-refractivity contribution in [3.8, 4) is 11.5 Å². The molecule has 0 bridgehead atoms. The molecule has 0 aliphatic carbocycles. The fraction of sp³-hybridized carbons (Fsp3) is 0.167. The summed E-state index contributed by atoms with van der Waals surface area (Å²) in [6.07, 6.45) is 2.78. The van der Waals surface area contributed by atoms with Crippen molar-refractivity contribution < 1.29 is 13.9 Å². The predicted molar refractivity (Wildman–Crippen MR) is 113 cm³/mol. The smallest absolute Gasteiger partial charge is 0.267 e. The number of halogens is 1. The SMILES string of the molecule is Fc1ccc(C2=CCN(Sc3ccc4c(c3)OC(c3ccccc3)O4)CC2)cc1. The molecule has 2 aliphatic heterocycles. The average Bonchev–Trinajstić information content (AvgIpc) is 3.19. The number of hydrogen-bond donors (Lipinski definition) is 0. The Balaban J connectivity index is 1.23. The highest BCUT2D eigenvalue weighted by Gasteiger charge is 2.26. The number of rotatable bonds is 4. The van der Waals surface area contributed by atoms with Crippen LogP contribution in [-0.4, -0.2) is 17.4 Å². The standard InChI is InChI=1S/C24H20FNO2S/c25-20-8-6-17(7-9-20)18-12-14-26(15-13-18)29-21-10-11-22-23(16-21)28-24(27-22)19-4-2-1-3-5-19/h1-12,16,24H,13-15H2. The molecule has 0 N–H and O–H groups in total. The van der Waals surface area contributed by atoms with E-state index in [9.17, 15) is 4.39 Å². The Labute approximate surface area is 173 Å². The van der Waals surface area contributed by atoms with Gasteiger partial charge in [-0.25, -0.2) is 8.70 Å². The molecule has 0 spiro atoms. The van der Waals surface area contributed by atoms with E-state index < -0.39 is 0 Å². The lowest BCUT2D eigenvalue weighted by Gasteiger charge is -2.25. The molecule has 146 valence electrons. The summed E-state index contributed by atoms with van der Waals surface area (Å²) in [7, 11) is 0. The molecule has 0 saturated heterocycles. The minimum Gasteiger partial charge on any atom is -0.447 e. The molecular formula is C24H20FNO2S. The number of ether oxygens (including phenoxy) is 2. The van der Waals surface area contributed by atoms with E-state index in [4.69, 9.17) is 9.47 Å². The highest BCUT2D eigenvalue weighted by molar-refractivity contribution is 7.97. The predicted octanol–water partition coefficient (Wildman–Crippen LogP) is 6.09. The fourth-order valence-corrected chi connectivity index (χ4v) is 4.46. The molecular weight excluding hydrogens is 385 g/mol. The van der Waals surface area contributed by atoms with Crippen LogP contribution in [0.15, 0.2) is 83.8 Å². The summed E-state index contributed by atoms with van der Waals surface area (Å²) >= 11 is 1.72. The Bertz CT molecular complexity index is 1040. The van der Waals surface area contributed by atoms with Crippen LogP contribution >= 0.6 is 11.9 Å². The van der Waals surface area contributed by atoms with E-state index in [1.807, 2.05) is 54.6 Å². The van der Waals surface area contributed by atoms with Crippen LogP contribution in [0.3, 0.4) is 0 Å². The summed E-state index contributed by atoms with van der Waals surface area (Å²) in [4.78, 5) is 1.12. The van der Waals surface area contributed by atoms with Crippen molar-refractivity contribution in [2.45, 2.75) is 17.6 Å². The van der Waals surface area contributed by atoms with Gasteiger partial charge in [-0.15, -0.1) is 0 Å². The van der Waals surface area contributed by atoms with Gasteiger partial charge < -0.3 is 9.47 Å². The molecule has 1 atom stereocenters. The van der Waals surface area contributed by atoms with Gasteiger partial charge in [-0.1, -0.05) is 48.5 Å². The topological polar surface area (TPSA) is 21.7 Å². The summed E-state index contributed by atoms with van der Waals surface area (Å²) in [5, 5.41) is 0. The maximum atomic E-state index is 13.1. The van der Waals surface area contributed by atoms with Gasteiger partial charge in [0.05, 0.1) is 0 Å². The van der Waals surface area contributed by atoms with Gasteiger partial charge >= 0.3 is 0 Å². The first-order chi connectivity index (χ1) is 14.2. The molecule has 0 aromatic heterocycles. The van der Waals surface area contributed by atoms with Gasteiger partial charge in [0.15, 0.2) is 11.5 Å². The van der Waals surface area contributed by atoms with Crippen LogP contribution in [0.25, 0.3) is 5.57 Å². The summed E-state index contributed by atoms with van der Waals surface area (Å²) in [6, 6.07) is 22.8. The molecule has 3 aromatic carbocycles. The molecule has 2 aliphatic rings. The van der Waals surface area contributed by atoms with E-state index in [-0.39, 0.29) is 12.1 Å². The summed E-state index contributed by atoms with van der Waals surface area (Å²) in [6.45, 7) is 1.79. The van der Waals surface area contributed by atoms with Crippen molar-refractivity contribution in [1.82, 2.24) is 4.31 Å². The van der Waals surface area contributed by atoms with E-state index in [2.05, 4.69) is 16.4 Å². The molecule has 3 nitrogen and oxygen atoms in total. The second-order valence-corrected chi connectivity index (χ2v) is 8.22. The van der Waals surface area contributed by atoms with E-state index in [0.717, 1.165) is 47.0 Å². The van der Waals surface area contributed by atoms with Gasteiger partial charge in [0, 0.05) is 23.5 Å². The van der Waals surface area contributed by atoms with Gasteiger partial charge in [-0.05, 0) is 59.8 Å². The van der Waals surface area contributed by atoms with E-state index >= 15 is 0 Å². The lowest BCUT2D eigenvalue weighted by molar-refractivity contribution is 0.0487. The maximum absolute atomic E-state index is 13.1. The minimum absolute atomic E-state index is 0.195. The Morgan fingerprint density at radius 2 is 1.69 bits per heavy atom. The van der Waals surface area contributed by atoms with Crippen molar-refractivity contribution >= 4 is 17.5 Å². The van der Waals surface area contributed by atoms with Crippen LogP contribution in [-0.2, 0) is 0 Å². The van der Waals surface area contributed by atoms with Gasteiger partial charge in [-0.2, -0.15) is 0 Å². The van der Waals surface area contributed by atoms with E-state index in [1.54, 1.807) is 11.9 Å². The van der Waals surface area contributed by atoms with Crippen LogP contribution in [0.1, 0.15) is 23.8 Å². The third-order valence-electron chi connectivity index (χ3n) is 5.08. The largest absolute Gasteiger partial charge is 0.447 e. The Morgan fingerprint density at radius 1 is 0.897 bits per heavy atom. The number of benzene rings is 3. The van der Waals surface area contributed by atoms with Crippen molar-refractivity contribution in [3.63, 3.8) is 0 Å². The molecule has 1 unspecified atom stereocenters. The molecule has 0 saturated carbocycles. The number of fused-ring (bicyclic) bond motifs is 1. The van der Waals surface area contributed by atoms with Crippen LogP contribution in [0.5, 0.6) is 11.5 Å². The second kappa shape index (κ2) is 7.93. The van der Waals surface area contributed by atoms with E-state index in [1.165, 1.54) is 17.7 Å². The van der Waals surface area contributed by atoms with Gasteiger partial charge in [0.1, 0.15) is 5.82 Å². The zero-order chi connectivity index (χ0) is 19.6. The summed E-state index contributed by atoms with van der Waals surface area (Å²) in [5.74, 6) is 1.36. The molecule has 0 fully saturated rings. The molecule has 5 rings (SSSR count). The maximum Gasteiger partial charge on any atom is 0.267 e. The van der Waals surface area contributed by atoms with Crippen LogP contribution in [0, 0.1) is 5.82 Å².